The van der Waals surface area contributed by atoms with Gasteiger partial charge in [-0.15, -0.1) is 24.0 Å². The van der Waals surface area contributed by atoms with Crippen LogP contribution in [0, 0.1) is 5.92 Å². The number of nitrogens with one attached hydrogen (secondary N) is 1. The highest BCUT2D eigenvalue weighted by Gasteiger charge is 2.28. The number of aliphatic imine (C=N–C) groups is 1. The molecule has 1 unspecified atom stereocenters. The maximum Gasteiger partial charge on any atom is 0.194 e. The minimum absolute atomic E-state index is 0. The van der Waals surface area contributed by atoms with Gasteiger partial charge in [-0.1, -0.05) is 18.2 Å². The van der Waals surface area contributed by atoms with Crippen LogP contribution >= 0.6 is 24.0 Å². The van der Waals surface area contributed by atoms with Gasteiger partial charge >= 0.3 is 0 Å². The van der Waals surface area contributed by atoms with Crippen molar-refractivity contribution < 1.29 is 12.8 Å². The molecule has 1 saturated carbocycles. The average Bonchev–Trinajstić information content (AvgIpc) is 3.22. The van der Waals surface area contributed by atoms with Crippen LogP contribution in [0.3, 0.4) is 0 Å². The van der Waals surface area contributed by atoms with Crippen LogP contribution in [0.4, 0.5) is 0 Å². The Balaban J connectivity index is 0.00000210. The van der Waals surface area contributed by atoms with Crippen molar-refractivity contribution in [3.05, 3.63) is 36.1 Å². The van der Waals surface area contributed by atoms with E-state index in [9.17, 15) is 8.42 Å². The first-order chi connectivity index (χ1) is 12.5. The van der Waals surface area contributed by atoms with Crippen LogP contribution in [0.2, 0.25) is 0 Å². The van der Waals surface area contributed by atoms with Crippen molar-refractivity contribution in [2.75, 3.05) is 25.1 Å². The lowest BCUT2D eigenvalue weighted by atomic mass is 10.1. The summed E-state index contributed by atoms with van der Waals surface area (Å²) in [6, 6.07) is 10.5. The SMILES string of the molecule is CN(Cc1cc2ccccc2o1)C(=NCC1CCS(=O)(=O)C1)NC1CC1.I. The monoisotopic (exact) mass is 503 g/mol. The quantitative estimate of drug-likeness (QED) is 0.386. The number of hydrogen-bond donors (Lipinski definition) is 1. The zero-order chi connectivity index (χ0) is 18.1. The Bertz CT molecular complexity index is 888. The zero-order valence-electron chi connectivity index (χ0n) is 15.4. The molecular weight excluding hydrogens is 477 g/mol. The number of guanidine groups is 1. The Labute approximate surface area is 177 Å². The van der Waals surface area contributed by atoms with Crippen LogP contribution in [0.1, 0.15) is 25.0 Å². The van der Waals surface area contributed by atoms with Crippen molar-refractivity contribution in [2.45, 2.75) is 31.8 Å². The molecular formula is C19H26IN3O3S. The summed E-state index contributed by atoms with van der Waals surface area (Å²) in [6.07, 6.45) is 3.04. The highest BCUT2D eigenvalue weighted by Crippen LogP contribution is 2.22. The number of sulfone groups is 1. The van der Waals surface area contributed by atoms with Crippen molar-refractivity contribution in [1.29, 1.82) is 0 Å². The predicted molar refractivity (Wildman–Crippen MR) is 118 cm³/mol. The summed E-state index contributed by atoms with van der Waals surface area (Å²) in [5.41, 5.74) is 0.890. The smallest absolute Gasteiger partial charge is 0.194 e. The number of fused-ring (bicyclic) bond motifs is 1. The lowest BCUT2D eigenvalue weighted by Crippen LogP contribution is -2.40. The van der Waals surface area contributed by atoms with E-state index in [2.05, 4.69) is 16.3 Å². The molecule has 0 spiro atoms. The van der Waals surface area contributed by atoms with Crippen molar-refractivity contribution >= 4 is 50.7 Å². The van der Waals surface area contributed by atoms with Gasteiger partial charge in [0.2, 0.25) is 0 Å². The largest absolute Gasteiger partial charge is 0.459 e. The molecule has 148 valence electrons. The summed E-state index contributed by atoms with van der Waals surface area (Å²) >= 11 is 0. The van der Waals surface area contributed by atoms with Crippen molar-refractivity contribution in [3.8, 4) is 0 Å². The van der Waals surface area contributed by atoms with E-state index in [4.69, 9.17) is 9.41 Å². The summed E-state index contributed by atoms with van der Waals surface area (Å²) in [6.45, 7) is 1.18. The average molecular weight is 503 g/mol. The molecule has 2 aliphatic rings. The van der Waals surface area contributed by atoms with E-state index in [0.29, 0.717) is 24.9 Å². The van der Waals surface area contributed by atoms with Gasteiger partial charge in [0.05, 0.1) is 18.1 Å². The number of halogens is 1. The van der Waals surface area contributed by atoms with E-state index in [-0.39, 0.29) is 35.6 Å². The lowest BCUT2D eigenvalue weighted by Gasteiger charge is -2.22. The number of hydrogen-bond acceptors (Lipinski definition) is 4. The molecule has 4 rings (SSSR count). The third-order valence-corrected chi connectivity index (χ3v) is 6.80. The molecule has 0 bridgehead atoms. The second kappa shape index (κ2) is 8.38. The van der Waals surface area contributed by atoms with Gasteiger partial charge in [-0.25, -0.2) is 8.42 Å². The molecule has 0 radical (unpaired) electrons. The second-order valence-electron chi connectivity index (χ2n) is 7.46. The normalized spacial score (nSPS) is 21.8. The topological polar surface area (TPSA) is 74.9 Å². The van der Waals surface area contributed by atoms with Crippen LogP contribution < -0.4 is 5.32 Å². The fourth-order valence-corrected chi connectivity index (χ4v) is 5.19. The van der Waals surface area contributed by atoms with E-state index in [0.717, 1.165) is 42.0 Å². The first kappa shape index (κ1) is 20.4. The van der Waals surface area contributed by atoms with E-state index in [1.165, 1.54) is 0 Å². The van der Waals surface area contributed by atoms with E-state index < -0.39 is 9.84 Å². The molecule has 1 aliphatic heterocycles. The Morgan fingerprint density at radius 1 is 1.30 bits per heavy atom. The Morgan fingerprint density at radius 2 is 2.07 bits per heavy atom. The maximum absolute atomic E-state index is 11.6. The summed E-state index contributed by atoms with van der Waals surface area (Å²) < 4.78 is 29.2. The van der Waals surface area contributed by atoms with Gasteiger partial charge in [0.1, 0.15) is 11.3 Å². The molecule has 2 aromatic rings. The van der Waals surface area contributed by atoms with Crippen LogP contribution in [0.15, 0.2) is 39.7 Å². The molecule has 1 aromatic carbocycles. The third-order valence-electron chi connectivity index (χ3n) is 4.97. The van der Waals surface area contributed by atoms with Crippen LogP contribution in [-0.4, -0.2) is 50.4 Å². The van der Waals surface area contributed by atoms with Gasteiger partial charge in [0.15, 0.2) is 15.8 Å². The molecule has 1 N–H and O–H groups in total. The molecule has 27 heavy (non-hydrogen) atoms. The zero-order valence-corrected chi connectivity index (χ0v) is 18.6. The Hall–Kier alpha value is -1.29. The highest BCUT2D eigenvalue weighted by atomic mass is 127. The first-order valence-corrected chi connectivity index (χ1v) is 11.0. The number of benzene rings is 1. The van der Waals surface area contributed by atoms with Gasteiger partial charge < -0.3 is 14.6 Å². The Morgan fingerprint density at radius 3 is 2.74 bits per heavy atom. The fourth-order valence-electron chi connectivity index (χ4n) is 3.34. The summed E-state index contributed by atoms with van der Waals surface area (Å²) in [7, 11) is -0.863. The maximum atomic E-state index is 11.6. The second-order valence-corrected chi connectivity index (χ2v) is 9.69. The highest BCUT2D eigenvalue weighted by molar-refractivity contribution is 14.0. The minimum Gasteiger partial charge on any atom is -0.459 e. The van der Waals surface area contributed by atoms with Gasteiger partial charge in [0.25, 0.3) is 0 Å². The summed E-state index contributed by atoms with van der Waals surface area (Å²) in [5, 5.41) is 4.57. The minimum atomic E-state index is -2.86. The third kappa shape index (κ3) is 5.37. The first-order valence-electron chi connectivity index (χ1n) is 9.18. The molecule has 6 nitrogen and oxygen atoms in total. The molecule has 1 saturated heterocycles. The standard InChI is InChI=1S/C19H25N3O3S.HI/c1-22(12-17-10-15-4-2-3-5-18(15)25-17)19(21-16-6-7-16)20-11-14-8-9-26(23,24)13-14;/h2-5,10,14,16H,6-9,11-13H2,1H3,(H,20,21);1H. The number of rotatable bonds is 5. The summed E-state index contributed by atoms with van der Waals surface area (Å²) in [4.78, 5) is 6.78. The summed E-state index contributed by atoms with van der Waals surface area (Å²) in [5.74, 6) is 2.42. The molecule has 2 heterocycles. The Kier molecular flexibility index (Phi) is 6.35. The number of nitrogens with zero attached hydrogens (tertiary/aromatic N) is 2. The molecule has 8 heteroatoms. The number of furan rings is 1. The van der Waals surface area contributed by atoms with E-state index in [1.807, 2.05) is 31.3 Å². The van der Waals surface area contributed by atoms with Crippen LogP contribution in [0.25, 0.3) is 11.0 Å². The molecule has 1 aliphatic carbocycles. The fraction of sp³-hybridized carbons (Fsp3) is 0.526. The molecule has 1 atom stereocenters. The van der Waals surface area contributed by atoms with Crippen molar-refractivity contribution in [3.63, 3.8) is 0 Å². The predicted octanol–water partition coefficient (Wildman–Crippen LogP) is 3.03. The lowest BCUT2D eigenvalue weighted by molar-refractivity contribution is 0.410. The van der Waals surface area contributed by atoms with Crippen LogP contribution in [-0.2, 0) is 16.4 Å². The van der Waals surface area contributed by atoms with E-state index >= 15 is 0 Å². The molecule has 1 aromatic heterocycles. The number of para-hydroxylation sites is 1. The van der Waals surface area contributed by atoms with E-state index in [1.54, 1.807) is 0 Å². The van der Waals surface area contributed by atoms with Gasteiger partial charge in [-0.2, -0.15) is 0 Å². The van der Waals surface area contributed by atoms with Crippen LogP contribution in [0.5, 0.6) is 0 Å². The molecule has 2 fully saturated rings. The van der Waals surface area contributed by atoms with Gasteiger partial charge in [0, 0.05) is 25.0 Å². The van der Waals surface area contributed by atoms with Gasteiger partial charge in [-0.3, -0.25) is 4.99 Å². The molecule has 0 amide bonds. The van der Waals surface area contributed by atoms with Crippen molar-refractivity contribution in [1.82, 2.24) is 10.2 Å². The van der Waals surface area contributed by atoms with Gasteiger partial charge in [-0.05, 0) is 37.3 Å². The van der Waals surface area contributed by atoms with Crippen molar-refractivity contribution in [2.24, 2.45) is 10.9 Å².